The number of tetrazole rings is 1. The number of hydrogen-bond acceptors (Lipinski definition) is 5. The summed E-state index contributed by atoms with van der Waals surface area (Å²) in [4.78, 5) is 19.1. The number of aromatic nitrogens is 5. The second-order valence-corrected chi connectivity index (χ2v) is 11.0. The van der Waals surface area contributed by atoms with Gasteiger partial charge in [-0.05, 0) is 110 Å². The smallest absolute Gasteiger partial charge is 0.253 e. The first-order chi connectivity index (χ1) is 17.9. The van der Waals surface area contributed by atoms with E-state index < -0.39 is 0 Å². The fourth-order valence-electron chi connectivity index (χ4n) is 5.50. The van der Waals surface area contributed by atoms with Gasteiger partial charge in [0.25, 0.3) is 5.56 Å². The van der Waals surface area contributed by atoms with E-state index in [0.717, 1.165) is 61.9 Å². The molecule has 1 aliphatic heterocycles. The molecule has 4 aromatic rings. The van der Waals surface area contributed by atoms with Crippen LogP contribution in [-0.2, 0) is 18.4 Å². The second-order valence-electron chi connectivity index (χ2n) is 11.0. The SMILES string of the molecule is CCc1ccc2[nH]c(=O)c([C@@H](c3nnnn3C(C)(C)CC)N3CCC(Cc4ccccc4)CC3)cc2c1. The predicted octanol–water partition coefficient (Wildman–Crippen LogP) is 5.27. The zero-order chi connectivity index (χ0) is 26.0. The lowest BCUT2D eigenvalue weighted by molar-refractivity contribution is 0.137. The van der Waals surface area contributed by atoms with Gasteiger partial charge in [-0.2, -0.15) is 0 Å². The molecule has 2 aromatic carbocycles. The third-order valence-electron chi connectivity index (χ3n) is 8.20. The lowest BCUT2D eigenvalue weighted by atomic mass is 9.88. The van der Waals surface area contributed by atoms with Crippen molar-refractivity contribution < 1.29 is 0 Å². The van der Waals surface area contributed by atoms with E-state index in [1.165, 1.54) is 11.1 Å². The lowest BCUT2D eigenvalue weighted by Crippen LogP contribution is -2.42. The van der Waals surface area contributed by atoms with Crippen molar-refractivity contribution >= 4 is 10.9 Å². The van der Waals surface area contributed by atoms with Gasteiger partial charge in [0, 0.05) is 11.1 Å². The average molecular weight is 499 g/mol. The molecule has 7 heteroatoms. The molecular weight excluding hydrogens is 460 g/mol. The highest BCUT2D eigenvalue weighted by molar-refractivity contribution is 5.80. The van der Waals surface area contributed by atoms with E-state index in [-0.39, 0.29) is 17.1 Å². The van der Waals surface area contributed by atoms with Crippen molar-refractivity contribution in [2.75, 3.05) is 13.1 Å². The third-order valence-corrected chi connectivity index (χ3v) is 8.20. The number of pyridine rings is 1. The quantitative estimate of drug-likeness (QED) is 0.358. The van der Waals surface area contributed by atoms with Crippen molar-refractivity contribution in [1.82, 2.24) is 30.1 Å². The maximum absolute atomic E-state index is 13.5. The molecule has 0 unspecified atom stereocenters. The number of benzene rings is 2. The van der Waals surface area contributed by atoms with Crippen molar-refractivity contribution in [3.8, 4) is 0 Å². The van der Waals surface area contributed by atoms with Crippen LogP contribution in [0.3, 0.4) is 0 Å². The number of rotatable bonds is 8. The Kier molecular flexibility index (Phi) is 7.24. The molecule has 5 rings (SSSR count). The molecule has 2 aromatic heterocycles. The van der Waals surface area contributed by atoms with Crippen LogP contribution in [0.25, 0.3) is 10.9 Å². The summed E-state index contributed by atoms with van der Waals surface area (Å²) in [6.07, 6.45) is 5.08. The lowest BCUT2D eigenvalue weighted by Gasteiger charge is -2.38. The molecule has 1 N–H and O–H groups in total. The minimum atomic E-state index is -0.308. The van der Waals surface area contributed by atoms with Crippen LogP contribution in [-0.4, -0.2) is 43.2 Å². The highest BCUT2D eigenvalue weighted by Gasteiger charge is 2.36. The first kappa shape index (κ1) is 25.3. The number of nitrogens with one attached hydrogen (secondary N) is 1. The molecule has 0 bridgehead atoms. The van der Waals surface area contributed by atoms with Crippen molar-refractivity contribution in [2.24, 2.45) is 5.92 Å². The topological polar surface area (TPSA) is 79.7 Å². The van der Waals surface area contributed by atoms with E-state index >= 15 is 0 Å². The Labute approximate surface area is 218 Å². The van der Waals surface area contributed by atoms with Crippen LogP contribution in [0.5, 0.6) is 0 Å². The third kappa shape index (κ3) is 5.23. The van der Waals surface area contributed by atoms with Crippen LogP contribution in [0.1, 0.15) is 75.5 Å². The maximum atomic E-state index is 13.5. The van der Waals surface area contributed by atoms with Gasteiger partial charge in [-0.25, -0.2) is 4.68 Å². The minimum Gasteiger partial charge on any atom is -0.322 e. The van der Waals surface area contributed by atoms with Crippen molar-refractivity contribution in [3.63, 3.8) is 0 Å². The van der Waals surface area contributed by atoms with Gasteiger partial charge >= 0.3 is 0 Å². The summed E-state index contributed by atoms with van der Waals surface area (Å²) in [6, 6.07) is 18.8. The molecule has 1 fully saturated rings. The molecule has 0 saturated carbocycles. The molecule has 0 aliphatic carbocycles. The van der Waals surface area contributed by atoms with E-state index in [1.807, 2.05) is 10.7 Å². The molecule has 3 heterocycles. The van der Waals surface area contributed by atoms with Gasteiger partial charge in [-0.15, -0.1) is 5.10 Å². The Morgan fingerprint density at radius 2 is 1.78 bits per heavy atom. The monoisotopic (exact) mass is 498 g/mol. The van der Waals surface area contributed by atoms with Crippen molar-refractivity contribution in [1.29, 1.82) is 0 Å². The maximum Gasteiger partial charge on any atom is 0.253 e. The van der Waals surface area contributed by atoms with Crippen LogP contribution in [0.15, 0.2) is 59.4 Å². The van der Waals surface area contributed by atoms with Crippen LogP contribution in [0.4, 0.5) is 0 Å². The molecule has 194 valence electrons. The predicted molar refractivity (Wildman–Crippen MR) is 148 cm³/mol. The molecule has 0 radical (unpaired) electrons. The molecule has 1 aliphatic rings. The van der Waals surface area contributed by atoms with Crippen LogP contribution >= 0.6 is 0 Å². The number of fused-ring (bicyclic) bond motifs is 1. The Hall–Kier alpha value is -3.32. The standard InChI is InChI=1S/C30H38N6O/c1-5-21-12-13-26-24(19-21)20-25(29(37)31-26)27(28-32-33-34-36(28)30(3,4)6-2)35-16-14-23(15-17-35)18-22-10-8-7-9-11-22/h7-13,19-20,23,27H,5-6,14-18H2,1-4H3,(H,31,37)/t27-/m0/s1. The zero-order valence-corrected chi connectivity index (χ0v) is 22.4. The normalized spacial score (nSPS) is 16.3. The first-order valence-corrected chi connectivity index (χ1v) is 13.6. The molecule has 0 spiro atoms. The molecular formula is C30H38N6O. The average Bonchev–Trinajstić information content (AvgIpc) is 3.41. The van der Waals surface area contributed by atoms with E-state index in [9.17, 15) is 4.79 Å². The number of hydrogen-bond donors (Lipinski definition) is 1. The molecule has 1 atom stereocenters. The summed E-state index contributed by atoms with van der Waals surface area (Å²) in [5, 5.41) is 14.1. The van der Waals surface area contributed by atoms with E-state index in [4.69, 9.17) is 0 Å². The summed E-state index contributed by atoms with van der Waals surface area (Å²) in [6.45, 7) is 10.4. The summed E-state index contributed by atoms with van der Waals surface area (Å²) in [7, 11) is 0. The van der Waals surface area contributed by atoms with Crippen molar-refractivity contribution in [2.45, 2.75) is 71.4 Å². The number of likely N-dealkylation sites (tertiary alicyclic amines) is 1. The molecule has 1 saturated heterocycles. The molecule has 7 nitrogen and oxygen atoms in total. The van der Waals surface area contributed by atoms with Crippen molar-refractivity contribution in [3.05, 3.63) is 87.5 Å². The largest absolute Gasteiger partial charge is 0.322 e. The number of aromatic amines is 1. The van der Waals surface area contributed by atoms with Gasteiger partial charge in [0.15, 0.2) is 5.82 Å². The minimum absolute atomic E-state index is 0.0722. The van der Waals surface area contributed by atoms with Gasteiger partial charge in [0.05, 0.1) is 5.54 Å². The molecule has 0 amide bonds. The summed E-state index contributed by atoms with van der Waals surface area (Å²) in [5.74, 6) is 1.37. The fraction of sp³-hybridized carbons (Fsp3) is 0.467. The van der Waals surface area contributed by atoms with Gasteiger partial charge in [0.2, 0.25) is 0 Å². The van der Waals surface area contributed by atoms with Crippen LogP contribution < -0.4 is 5.56 Å². The fourth-order valence-corrected chi connectivity index (χ4v) is 5.50. The van der Waals surface area contributed by atoms with E-state index in [0.29, 0.717) is 11.5 Å². The first-order valence-electron chi connectivity index (χ1n) is 13.6. The number of aryl methyl sites for hydroxylation is 1. The van der Waals surface area contributed by atoms with Gasteiger partial charge in [0.1, 0.15) is 6.04 Å². The van der Waals surface area contributed by atoms with Crippen LogP contribution in [0.2, 0.25) is 0 Å². The number of piperidine rings is 1. The summed E-state index contributed by atoms with van der Waals surface area (Å²) in [5.41, 5.74) is 3.88. The van der Waals surface area contributed by atoms with Gasteiger partial charge < -0.3 is 4.98 Å². The zero-order valence-electron chi connectivity index (χ0n) is 22.4. The van der Waals surface area contributed by atoms with Gasteiger partial charge in [-0.3, -0.25) is 9.69 Å². The summed E-state index contributed by atoms with van der Waals surface area (Å²) < 4.78 is 1.93. The summed E-state index contributed by atoms with van der Waals surface area (Å²) >= 11 is 0. The molecule has 37 heavy (non-hydrogen) atoms. The number of H-pyrrole nitrogens is 1. The van der Waals surface area contributed by atoms with Crippen LogP contribution in [0, 0.1) is 5.92 Å². The van der Waals surface area contributed by atoms with E-state index in [2.05, 4.69) is 102 Å². The Bertz CT molecular complexity index is 1400. The Morgan fingerprint density at radius 1 is 1.03 bits per heavy atom. The van der Waals surface area contributed by atoms with Gasteiger partial charge in [-0.1, -0.05) is 50.2 Å². The highest BCUT2D eigenvalue weighted by Crippen LogP contribution is 2.34. The highest BCUT2D eigenvalue weighted by atomic mass is 16.1. The Balaban J connectivity index is 1.53. The Morgan fingerprint density at radius 3 is 2.49 bits per heavy atom. The second kappa shape index (κ2) is 10.6. The number of nitrogens with zero attached hydrogens (tertiary/aromatic N) is 5. The van der Waals surface area contributed by atoms with E-state index in [1.54, 1.807) is 0 Å².